The Morgan fingerprint density at radius 1 is 1.11 bits per heavy atom. The molecule has 6 nitrogen and oxygen atoms in total. The molecule has 4 heterocycles. The zero-order chi connectivity index (χ0) is 24.3. The van der Waals surface area contributed by atoms with Gasteiger partial charge in [0.1, 0.15) is 11.5 Å². The first-order chi connectivity index (χ1) is 16.9. The molecule has 3 aliphatic heterocycles. The van der Waals surface area contributed by atoms with Crippen molar-refractivity contribution in [2.75, 3.05) is 13.1 Å². The van der Waals surface area contributed by atoms with Gasteiger partial charge in [-0.2, -0.15) is 0 Å². The van der Waals surface area contributed by atoms with Crippen LogP contribution in [0.1, 0.15) is 45.1 Å². The molecule has 6 rings (SSSR count). The summed E-state index contributed by atoms with van der Waals surface area (Å²) in [4.78, 5) is 27.9. The molecule has 35 heavy (non-hydrogen) atoms. The van der Waals surface area contributed by atoms with Crippen LogP contribution in [-0.4, -0.2) is 33.4 Å². The lowest BCUT2D eigenvalue weighted by Gasteiger charge is -2.43. The van der Waals surface area contributed by atoms with E-state index in [1.807, 2.05) is 41.8 Å². The molecule has 7 heteroatoms. The molecule has 1 saturated heterocycles. The van der Waals surface area contributed by atoms with E-state index in [2.05, 4.69) is 4.90 Å². The lowest BCUT2D eigenvalue weighted by Crippen LogP contribution is -2.46. The number of pyridine rings is 1. The largest absolute Gasteiger partial charge is 0.507 e. The van der Waals surface area contributed by atoms with Gasteiger partial charge < -0.3 is 14.4 Å². The third-order valence-corrected chi connectivity index (χ3v) is 7.69. The second-order valence-corrected chi connectivity index (χ2v) is 10.2. The van der Waals surface area contributed by atoms with Gasteiger partial charge in [0.15, 0.2) is 5.76 Å². The summed E-state index contributed by atoms with van der Waals surface area (Å²) < 4.78 is 8.01. The van der Waals surface area contributed by atoms with Gasteiger partial charge in [0.2, 0.25) is 5.78 Å². The summed E-state index contributed by atoms with van der Waals surface area (Å²) in [5.74, 6) is 1.17. The number of benzene rings is 2. The van der Waals surface area contributed by atoms with Gasteiger partial charge in [0, 0.05) is 48.9 Å². The van der Waals surface area contributed by atoms with Gasteiger partial charge in [-0.3, -0.25) is 14.5 Å². The van der Waals surface area contributed by atoms with E-state index in [1.165, 1.54) is 0 Å². The number of aromatic nitrogens is 1. The molecule has 1 aromatic heterocycles. The van der Waals surface area contributed by atoms with E-state index in [0.717, 1.165) is 25.2 Å². The number of hydrogen-bond donors (Lipinski definition) is 1. The quantitative estimate of drug-likeness (QED) is 0.539. The number of phenols is 1. The molecule has 1 fully saturated rings. The Hall–Kier alpha value is -3.35. The van der Waals surface area contributed by atoms with Crippen molar-refractivity contribution in [1.82, 2.24) is 9.47 Å². The maximum absolute atomic E-state index is 13.3. The number of allylic oxidation sites excluding steroid dienone is 1. The number of rotatable bonds is 3. The number of phenolic OH excluding ortho intramolecular Hbond substituents is 1. The summed E-state index contributed by atoms with van der Waals surface area (Å²) in [5, 5.41) is 11.4. The van der Waals surface area contributed by atoms with Crippen LogP contribution in [0.4, 0.5) is 0 Å². The number of Topliss-reactive ketones (excluding diaryl/α,β-unsaturated/α-hetero) is 1. The van der Waals surface area contributed by atoms with Gasteiger partial charge in [-0.05, 0) is 54.7 Å². The van der Waals surface area contributed by atoms with Crippen molar-refractivity contribution in [3.8, 4) is 11.5 Å². The highest BCUT2D eigenvalue weighted by atomic mass is 35.5. The van der Waals surface area contributed by atoms with Crippen LogP contribution in [0.5, 0.6) is 11.5 Å². The van der Waals surface area contributed by atoms with Gasteiger partial charge in [-0.25, -0.2) is 0 Å². The van der Waals surface area contributed by atoms with Crippen molar-refractivity contribution >= 4 is 23.5 Å². The van der Waals surface area contributed by atoms with Gasteiger partial charge in [-0.1, -0.05) is 35.9 Å². The monoisotopic (exact) mass is 488 g/mol. The number of hydrogen-bond acceptors (Lipinski definition) is 5. The number of fused-ring (bicyclic) bond motifs is 5. The highest BCUT2D eigenvalue weighted by Gasteiger charge is 2.37. The van der Waals surface area contributed by atoms with Crippen molar-refractivity contribution in [1.29, 1.82) is 0 Å². The molecule has 3 aromatic rings. The van der Waals surface area contributed by atoms with Crippen LogP contribution < -0.4 is 10.3 Å². The van der Waals surface area contributed by atoms with Crippen molar-refractivity contribution in [3.05, 3.63) is 97.6 Å². The van der Waals surface area contributed by atoms with Gasteiger partial charge in [-0.15, -0.1) is 0 Å². The van der Waals surface area contributed by atoms with E-state index in [-0.39, 0.29) is 28.8 Å². The Bertz CT molecular complexity index is 1460. The summed E-state index contributed by atoms with van der Waals surface area (Å²) in [6, 6.07) is 14.4. The fourth-order valence-corrected chi connectivity index (χ4v) is 6.00. The Kier molecular flexibility index (Phi) is 5.31. The van der Waals surface area contributed by atoms with Crippen LogP contribution in [0, 0.1) is 12.8 Å². The fraction of sp³-hybridized carbons (Fsp3) is 0.286. The van der Waals surface area contributed by atoms with Crippen molar-refractivity contribution in [3.63, 3.8) is 0 Å². The molecule has 3 aliphatic rings. The number of halogens is 1. The predicted molar refractivity (Wildman–Crippen MR) is 134 cm³/mol. The number of aromatic hydroxyl groups is 1. The van der Waals surface area contributed by atoms with Crippen molar-refractivity contribution in [2.24, 2.45) is 5.92 Å². The summed E-state index contributed by atoms with van der Waals surface area (Å²) in [6.45, 7) is 4.57. The first kappa shape index (κ1) is 22.1. The second kappa shape index (κ2) is 8.40. The van der Waals surface area contributed by atoms with E-state index in [0.29, 0.717) is 52.0 Å². The zero-order valence-electron chi connectivity index (χ0n) is 19.3. The fourth-order valence-electron chi connectivity index (χ4n) is 5.81. The number of ketones is 1. The molecule has 0 amide bonds. The maximum atomic E-state index is 13.3. The predicted octanol–water partition coefficient (Wildman–Crippen LogP) is 4.75. The standard InChI is InChI=1S/C28H25ClN2O4/c1-16-9-23(32)20(28-26(16)27(34)24(35-28)11-18-5-2-3-6-21(18)29)15-30-12-17-10-19(14-30)22-7-4-8-25(33)31(22)13-17/h2-9,11,17,19,32H,10,12-15H2,1H3/b24-11-/t17-,19+/m1/s1. The number of aryl methyl sites for hydroxylation is 1. The molecular weight excluding hydrogens is 464 g/mol. The minimum atomic E-state index is -0.206. The first-order valence-electron chi connectivity index (χ1n) is 11.9. The maximum Gasteiger partial charge on any atom is 0.250 e. The van der Waals surface area contributed by atoms with Crippen LogP contribution in [-0.2, 0) is 13.1 Å². The molecule has 0 aliphatic carbocycles. The minimum absolute atomic E-state index is 0.0596. The Labute approximate surface area is 208 Å². The summed E-state index contributed by atoms with van der Waals surface area (Å²) in [7, 11) is 0. The Morgan fingerprint density at radius 2 is 1.94 bits per heavy atom. The molecule has 2 aromatic carbocycles. The zero-order valence-corrected chi connectivity index (χ0v) is 20.1. The number of nitrogens with zero attached hydrogens (tertiary/aromatic N) is 2. The van der Waals surface area contributed by atoms with Crippen molar-refractivity contribution < 1.29 is 14.6 Å². The van der Waals surface area contributed by atoms with Gasteiger partial charge in [0.05, 0.1) is 11.1 Å². The van der Waals surface area contributed by atoms with E-state index in [9.17, 15) is 14.7 Å². The third-order valence-electron chi connectivity index (χ3n) is 7.35. The van der Waals surface area contributed by atoms with Crippen LogP contribution in [0.2, 0.25) is 5.02 Å². The molecular formula is C28H25ClN2O4. The number of carbonyl (C=O) groups is 1. The molecule has 1 N–H and O–H groups in total. The van der Waals surface area contributed by atoms with E-state index >= 15 is 0 Å². The molecule has 2 bridgehead atoms. The van der Waals surface area contributed by atoms with Crippen molar-refractivity contribution in [2.45, 2.75) is 32.4 Å². The molecule has 0 unspecified atom stereocenters. The third kappa shape index (κ3) is 3.77. The summed E-state index contributed by atoms with van der Waals surface area (Å²) >= 11 is 6.29. The second-order valence-electron chi connectivity index (χ2n) is 9.75. The smallest absolute Gasteiger partial charge is 0.250 e. The molecule has 0 radical (unpaired) electrons. The lowest BCUT2D eigenvalue weighted by molar-refractivity contribution is 0.101. The van der Waals surface area contributed by atoms with Crippen LogP contribution in [0.3, 0.4) is 0 Å². The van der Waals surface area contributed by atoms with E-state index < -0.39 is 0 Å². The van der Waals surface area contributed by atoms with Crippen LogP contribution in [0.15, 0.2) is 59.1 Å². The van der Waals surface area contributed by atoms with E-state index in [4.69, 9.17) is 16.3 Å². The topological polar surface area (TPSA) is 71.8 Å². The molecule has 178 valence electrons. The Balaban J connectivity index is 1.32. The first-order valence-corrected chi connectivity index (χ1v) is 12.2. The number of likely N-dealkylation sites (tertiary alicyclic amines) is 1. The number of ether oxygens (including phenoxy) is 1. The molecule has 0 spiro atoms. The molecule has 0 saturated carbocycles. The number of piperidine rings is 1. The lowest BCUT2D eigenvalue weighted by atomic mass is 9.83. The van der Waals surface area contributed by atoms with E-state index in [1.54, 1.807) is 24.3 Å². The van der Waals surface area contributed by atoms with Gasteiger partial charge in [0.25, 0.3) is 5.56 Å². The summed E-state index contributed by atoms with van der Waals surface area (Å²) in [6.07, 6.45) is 2.71. The minimum Gasteiger partial charge on any atom is -0.507 e. The Morgan fingerprint density at radius 3 is 2.77 bits per heavy atom. The highest BCUT2D eigenvalue weighted by molar-refractivity contribution is 6.32. The average Bonchev–Trinajstić information content (AvgIpc) is 3.15. The average molecular weight is 489 g/mol. The normalized spacial score (nSPS) is 22.1. The van der Waals surface area contributed by atoms with Crippen LogP contribution in [0.25, 0.3) is 6.08 Å². The number of carbonyl (C=O) groups excluding carboxylic acids is 1. The summed E-state index contributed by atoms with van der Waals surface area (Å²) in [5.41, 5.74) is 3.62. The van der Waals surface area contributed by atoms with Crippen LogP contribution >= 0.6 is 11.6 Å². The molecule has 2 atom stereocenters. The SMILES string of the molecule is Cc1cc(O)c(CN2C[C@H]3C[C@@H](C2)c2cccc(=O)n2C3)c2c1C(=O)/C(=C/c1ccccc1Cl)O2. The van der Waals surface area contributed by atoms with Gasteiger partial charge >= 0.3 is 0 Å². The highest BCUT2D eigenvalue weighted by Crippen LogP contribution is 2.44.